The molecule has 0 saturated heterocycles. The Morgan fingerprint density at radius 3 is 2.58 bits per heavy atom. The topological polar surface area (TPSA) is 70.2 Å². The number of ether oxygens (including phenoxy) is 1. The predicted octanol–water partition coefficient (Wildman–Crippen LogP) is 5.26. The molecule has 6 nitrogen and oxygen atoms in total. The van der Waals surface area contributed by atoms with Crippen molar-refractivity contribution >= 4 is 34.3 Å². The van der Waals surface area contributed by atoms with Crippen LogP contribution in [0.4, 0.5) is 0 Å². The van der Waals surface area contributed by atoms with Gasteiger partial charge in [0.15, 0.2) is 11.0 Å². The fourth-order valence-corrected chi connectivity index (χ4v) is 4.42. The molecule has 0 atom stereocenters. The predicted molar refractivity (Wildman–Crippen MR) is 124 cm³/mol. The van der Waals surface area contributed by atoms with Gasteiger partial charge in [0.25, 0.3) is 0 Å². The van der Waals surface area contributed by atoms with Crippen molar-refractivity contribution in [2.75, 3.05) is 13.7 Å². The highest BCUT2D eigenvalue weighted by Gasteiger charge is 2.16. The molecule has 4 aromatic rings. The van der Waals surface area contributed by atoms with Gasteiger partial charge in [0.05, 0.1) is 13.2 Å². The number of thioether (sulfide) groups is 1. The average Bonchev–Trinajstić information content (AvgIpc) is 3.15. The second kappa shape index (κ2) is 9.26. The first-order chi connectivity index (χ1) is 15.0. The van der Waals surface area contributed by atoms with E-state index in [4.69, 9.17) is 20.8 Å². The minimum atomic E-state index is -0.353. The van der Waals surface area contributed by atoms with E-state index in [2.05, 4.69) is 23.2 Å². The normalized spacial score (nSPS) is 11.4. The maximum absolute atomic E-state index is 12.1. The summed E-state index contributed by atoms with van der Waals surface area (Å²) >= 11 is 7.56. The summed E-state index contributed by atoms with van der Waals surface area (Å²) in [5.74, 6) is 1.32. The van der Waals surface area contributed by atoms with Crippen molar-refractivity contribution in [3.63, 3.8) is 0 Å². The molecule has 0 aliphatic rings. The summed E-state index contributed by atoms with van der Waals surface area (Å²) in [6, 6.07) is 13.0. The van der Waals surface area contributed by atoms with Gasteiger partial charge in [-0.25, -0.2) is 4.79 Å². The number of hydrogen-bond acceptors (Lipinski definition) is 6. The molecule has 31 heavy (non-hydrogen) atoms. The van der Waals surface area contributed by atoms with Crippen LogP contribution < -0.4 is 5.63 Å². The molecule has 0 radical (unpaired) electrons. The summed E-state index contributed by atoms with van der Waals surface area (Å²) in [6.07, 6.45) is 0. The Bertz CT molecular complexity index is 1280. The number of aryl methyl sites for hydroxylation is 2. The van der Waals surface area contributed by atoms with Crippen molar-refractivity contribution in [2.45, 2.75) is 31.3 Å². The Morgan fingerprint density at radius 2 is 1.84 bits per heavy atom. The van der Waals surface area contributed by atoms with Crippen LogP contribution in [0.1, 0.15) is 16.7 Å². The number of nitrogens with zero attached hydrogens (tertiary/aromatic N) is 3. The Kier molecular flexibility index (Phi) is 6.46. The monoisotopic (exact) mass is 455 g/mol. The van der Waals surface area contributed by atoms with Crippen LogP contribution in [0.15, 0.2) is 56.8 Å². The largest absolute Gasteiger partial charge is 0.423 e. The number of fused-ring (bicyclic) bond motifs is 1. The second-order valence-corrected chi connectivity index (χ2v) is 8.65. The lowest BCUT2D eigenvalue weighted by atomic mass is 10.0. The summed E-state index contributed by atoms with van der Waals surface area (Å²) in [4.78, 5) is 12.1. The number of halogens is 1. The minimum Gasteiger partial charge on any atom is -0.423 e. The molecule has 0 aliphatic heterocycles. The standard InChI is InChI=1S/C23H22ClN3O3S/c1-14-10-19-17(12-21(28)30-20(19)11-15(14)2)13-31-23-26-25-22(27(23)8-9-29-3)16-4-6-18(24)7-5-16/h4-7,10-12H,8-9,13H2,1-3H3. The third kappa shape index (κ3) is 4.69. The maximum Gasteiger partial charge on any atom is 0.336 e. The number of methoxy groups -OCH3 is 1. The molecule has 2 aromatic carbocycles. The van der Waals surface area contributed by atoms with Gasteiger partial charge in [-0.15, -0.1) is 10.2 Å². The lowest BCUT2D eigenvalue weighted by Gasteiger charge is -2.11. The highest BCUT2D eigenvalue weighted by Crippen LogP contribution is 2.30. The van der Waals surface area contributed by atoms with Gasteiger partial charge in [0.1, 0.15) is 5.58 Å². The molecule has 0 fully saturated rings. The molecule has 0 spiro atoms. The van der Waals surface area contributed by atoms with Crippen molar-refractivity contribution in [1.29, 1.82) is 0 Å². The lowest BCUT2D eigenvalue weighted by molar-refractivity contribution is 0.185. The van der Waals surface area contributed by atoms with E-state index in [0.29, 0.717) is 29.5 Å². The molecular formula is C23H22ClN3O3S. The highest BCUT2D eigenvalue weighted by atomic mass is 35.5. The molecule has 160 valence electrons. The van der Waals surface area contributed by atoms with Crippen LogP contribution in [0.3, 0.4) is 0 Å². The smallest absolute Gasteiger partial charge is 0.336 e. The number of benzene rings is 2. The van der Waals surface area contributed by atoms with E-state index in [9.17, 15) is 4.79 Å². The first-order valence-electron chi connectivity index (χ1n) is 9.81. The van der Waals surface area contributed by atoms with Crippen molar-refractivity contribution in [1.82, 2.24) is 14.8 Å². The summed E-state index contributed by atoms with van der Waals surface area (Å²) < 4.78 is 12.7. The molecule has 0 unspecified atom stereocenters. The van der Waals surface area contributed by atoms with Crippen LogP contribution in [0.25, 0.3) is 22.4 Å². The Labute approximate surface area is 189 Å². The van der Waals surface area contributed by atoms with E-state index in [-0.39, 0.29) is 5.63 Å². The van der Waals surface area contributed by atoms with Crippen molar-refractivity contribution in [3.05, 3.63) is 74.6 Å². The van der Waals surface area contributed by atoms with Gasteiger partial charge < -0.3 is 9.15 Å². The Morgan fingerprint density at radius 1 is 1.10 bits per heavy atom. The van der Waals surface area contributed by atoms with E-state index in [1.54, 1.807) is 13.2 Å². The summed E-state index contributed by atoms with van der Waals surface area (Å²) in [6.45, 7) is 5.20. The Hall–Kier alpha value is -2.61. The molecule has 8 heteroatoms. The van der Waals surface area contributed by atoms with Gasteiger partial charge in [-0.3, -0.25) is 4.57 Å². The van der Waals surface area contributed by atoms with Crippen molar-refractivity contribution in [2.24, 2.45) is 0 Å². The van der Waals surface area contributed by atoms with Gasteiger partial charge >= 0.3 is 5.63 Å². The van der Waals surface area contributed by atoms with Gasteiger partial charge in [-0.05, 0) is 66.9 Å². The van der Waals surface area contributed by atoms with Crippen molar-refractivity contribution < 1.29 is 9.15 Å². The maximum atomic E-state index is 12.1. The first-order valence-corrected chi connectivity index (χ1v) is 11.2. The molecule has 4 rings (SSSR count). The SMILES string of the molecule is COCCn1c(SCc2cc(=O)oc3cc(C)c(C)cc23)nnc1-c1ccc(Cl)cc1. The zero-order valence-corrected chi connectivity index (χ0v) is 19.1. The van der Waals surface area contributed by atoms with Crippen LogP contribution in [-0.4, -0.2) is 28.5 Å². The van der Waals surface area contributed by atoms with E-state index < -0.39 is 0 Å². The van der Waals surface area contributed by atoms with E-state index in [1.807, 2.05) is 41.8 Å². The van der Waals surface area contributed by atoms with Crippen LogP contribution in [0.5, 0.6) is 0 Å². The summed E-state index contributed by atoms with van der Waals surface area (Å²) in [5.41, 5.74) is 4.33. The quantitative estimate of drug-likeness (QED) is 0.279. The fraction of sp³-hybridized carbons (Fsp3) is 0.261. The zero-order chi connectivity index (χ0) is 22.0. The molecule has 2 heterocycles. The molecular weight excluding hydrogens is 434 g/mol. The van der Waals surface area contributed by atoms with E-state index in [1.165, 1.54) is 11.8 Å². The molecule has 0 saturated carbocycles. The fourth-order valence-electron chi connectivity index (χ4n) is 3.34. The van der Waals surface area contributed by atoms with Crippen LogP contribution in [0, 0.1) is 13.8 Å². The third-order valence-electron chi connectivity index (χ3n) is 5.14. The number of aromatic nitrogens is 3. The average molecular weight is 456 g/mol. The zero-order valence-electron chi connectivity index (χ0n) is 17.5. The van der Waals surface area contributed by atoms with Gasteiger partial charge in [0.2, 0.25) is 0 Å². The molecule has 0 amide bonds. The van der Waals surface area contributed by atoms with Gasteiger partial charge in [0, 0.05) is 34.9 Å². The van der Waals surface area contributed by atoms with Crippen LogP contribution in [0.2, 0.25) is 5.02 Å². The van der Waals surface area contributed by atoms with Gasteiger partial charge in [-0.2, -0.15) is 0 Å². The van der Waals surface area contributed by atoms with E-state index >= 15 is 0 Å². The number of hydrogen-bond donors (Lipinski definition) is 0. The number of rotatable bonds is 7. The van der Waals surface area contributed by atoms with Crippen LogP contribution >= 0.6 is 23.4 Å². The minimum absolute atomic E-state index is 0.353. The first kappa shape index (κ1) is 21.6. The van der Waals surface area contributed by atoms with E-state index in [0.717, 1.165) is 38.6 Å². The molecule has 0 aliphatic carbocycles. The van der Waals surface area contributed by atoms with Crippen LogP contribution in [-0.2, 0) is 17.0 Å². The molecule has 0 bridgehead atoms. The summed E-state index contributed by atoms with van der Waals surface area (Å²) in [5, 5.41) is 11.2. The van der Waals surface area contributed by atoms with Crippen molar-refractivity contribution in [3.8, 4) is 11.4 Å². The van der Waals surface area contributed by atoms with Gasteiger partial charge in [-0.1, -0.05) is 23.4 Å². The lowest BCUT2D eigenvalue weighted by Crippen LogP contribution is -2.08. The summed E-state index contributed by atoms with van der Waals surface area (Å²) in [7, 11) is 1.67. The highest BCUT2D eigenvalue weighted by molar-refractivity contribution is 7.98. The third-order valence-corrected chi connectivity index (χ3v) is 6.41. The second-order valence-electron chi connectivity index (χ2n) is 7.27. The molecule has 0 N–H and O–H groups in total. The Balaban J connectivity index is 1.68. The molecule has 2 aromatic heterocycles.